The summed E-state index contributed by atoms with van der Waals surface area (Å²) in [4.78, 5) is 16.2. The van der Waals surface area contributed by atoms with Crippen LogP contribution in [-0.4, -0.2) is 65.0 Å². The van der Waals surface area contributed by atoms with Crippen molar-refractivity contribution >= 4 is 11.9 Å². The third-order valence-electron chi connectivity index (χ3n) is 4.01. The van der Waals surface area contributed by atoms with Gasteiger partial charge in [0.15, 0.2) is 5.96 Å². The number of ether oxygens (including phenoxy) is 2. The molecular formula is C17H34N4O3. The van der Waals surface area contributed by atoms with Gasteiger partial charge in [-0.2, -0.15) is 0 Å². The van der Waals surface area contributed by atoms with Gasteiger partial charge in [-0.25, -0.2) is 0 Å². The molecule has 7 heteroatoms. The van der Waals surface area contributed by atoms with E-state index < -0.39 is 5.41 Å². The van der Waals surface area contributed by atoms with E-state index in [1.807, 2.05) is 20.8 Å². The SMILES string of the molecule is CCNC(=O)C(C)(C)CNC(=NC)NCCCOCC1CCOC1. The van der Waals surface area contributed by atoms with Crippen LogP contribution in [0.5, 0.6) is 0 Å². The maximum atomic E-state index is 12.0. The molecule has 1 aliphatic heterocycles. The highest BCUT2D eigenvalue weighted by molar-refractivity contribution is 5.84. The maximum Gasteiger partial charge on any atom is 0.227 e. The van der Waals surface area contributed by atoms with E-state index in [4.69, 9.17) is 9.47 Å². The molecule has 0 aromatic heterocycles. The number of aliphatic imine (C=N–C) groups is 1. The Morgan fingerprint density at radius 1 is 1.33 bits per heavy atom. The third kappa shape index (κ3) is 7.97. The number of hydrogen-bond donors (Lipinski definition) is 3. The number of nitrogens with one attached hydrogen (secondary N) is 3. The second-order valence-electron chi connectivity index (χ2n) is 6.75. The van der Waals surface area contributed by atoms with Crippen molar-refractivity contribution in [1.82, 2.24) is 16.0 Å². The summed E-state index contributed by atoms with van der Waals surface area (Å²) in [7, 11) is 1.73. The largest absolute Gasteiger partial charge is 0.381 e. The topological polar surface area (TPSA) is 84.0 Å². The van der Waals surface area contributed by atoms with Gasteiger partial charge < -0.3 is 25.4 Å². The second-order valence-corrected chi connectivity index (χ2v) is 6.75. The standard InChI is InChI=1S/C17H34N4O3/c1-5-19-15(22)17(2,3)13-21-16(18-4)20-8-6-9-23-11-14-7-10-24-12-14/h14H,5-13H2,1-4H3,(H,19,22)(H2,18,20,21). The van der Waals surface area contributed by atoms with E-state index in [9.17, 15) is 4.79 Å². The van der Waals surface area contributed by atoms with Crippen LogP contribution in [0.1, 0.15) is 33.6 Å². The molecule has 0 saturated carbocycles. The van der Waals surface area contributed by atoms with E-state index in [-0.39, 0.29) is 5.91 Å². The fraction of sp³-hybridized carbons (Fsp3) is 0.882. The van der Waals surface area contributed by atoms with E-state index in [0.717, 1.165) is 45.8 Å². The Morgan fingerprint density at radius 3 is 2.75 bits per heavy atom. The molecule has 1 unspecified atom stereocenters. The Hall–Kier alpha value is -1.34. The Morgan fingerprint density at radius 2 is 2.12 bits per heavy atom. The van der Waals surface area contributed by atoms with Crippen molar-refractivity contribution in [2.75, 3.05) is 53.1 Å². The van der Waals surface area contributed by atoms with Crippen molar-refractivity contribution < 1.29 is 14.3 Å². The van der Waals surface area contributed by atoms with Gasteiger partial charge in [-0.05, 0) is 33.6 Å². The fourth-order valence-corrected chi connectivity index (χ4v) is 2.35. The lowest BCUT2D eigenvalue weighted by molar-refractivity contribution is -0.128. The predicted octanol–water partition coefficient (Wildman–Crippen LogP) is 0.757. The maximum absolute atomic E-state index is 12.0. The van der Waals surface area contributed by atoms with E-state index in [1.165, 1.54) is 0 Å². The summed E-state index contributed by atoms with van der Waals surface area (Å²) in [6.45, 7) is 10.9. The molecule has 1 heterocycles. The number of amides is 1. The fourth-order valence-electron chi connectivity index (χ4n) is 2.35. The zero-order chi connectivity index (χ0) is 17.8. The molecule has 1 atom stereocenters. The molecule has 0 aromatic carbocycles. The number of carbonyl (C=O) groups is 1. The summed E-state index contributed by atoms with van der Waals surface area (Å²) in [5, 5.41) is 9.30. The van der Waals surface area contributed by atoms with Crippen molar-refractivity contribution in [2.24, 2.45) is 16.3 Å². The van der Waals surface area contributed by atoms with Gasteiger partial charge in [0, 0.05) is 45.8 Å². The van der Waals surface area contributed by atoms with Crippen molar-refractivity contribution in [3.8, 4) is 0 Å². The van der Waals surface area contributed by atoms with Crippen LogP contribution in [0, 0.1) is 11.3 Å². The lowest BCUT2D eigenvalue weighted by Crippen LogP contribution is -2.48. The Bertz CT molecular complexity index is 393. The average molecular weight is 342 g/mol. The summed E-state index contributed by atoms with van der Waals surface area (Å²) in [5.41, 5.74) is -0.486. The Balaban J connectivity index is 2.12. The quantitative estimate of drug-likeness (QED) is 0.310. The lowest BCUT2D eigenvalue weighted by atomic mass is 9.92. The van der Waals surface area contributed by atoms with E-state index in [2.05, 4.69) is 20.9 Å². The normalized spacial score (nSPS) is 18.5. The smallest absolute Gasteiger partial charge is 0.227 e. The minimum absolute atomic E-state index is 0.0391. The lowest BCUT2D eigenvalue weighted by Gasteiger charge is -2.24. The van der Waals surface area contributed by atoms with Gasteiger partial charge in [0.2, 0.25) is 5.91 Å². The van der Waals surface area contributed by atoms with Gasteiger partial charge in [0.05, 0.1) is 18.6 Å². The molecule has 3 N–H and O–H groups in total. The Kier molecular flexibility index (Phi) is 9.71. The van der Waals surface area contributed by atoms with E-state index in [0.29, 0.717) is 25.0 Å². The van der Waals surface area contributed by atoms with Crippen molar-refractivity contribution in [3.63, 3.8) is 0 Å². The van der Waals surface area contributed by atoms with Gasteiger partial charge >= 0.3 is 0 Å². The molecule has 0 spiro atoms. The zero-order valence-electron chi connectivity index (χ0n) is 15.6. The van der Waals surface area contributed by atoms with Crippen LogP contribution in [-0.2, 0) is 14.3 Å². The molecule has 0 bridgehead atoms. The third-order valence-corrected chi connectivity index (χ3v) is 4.01. The van der Waals surface area contributed by atoms with Crippen LogP contribution in [0.2, 0.25) is 0 Å². The van der Waals surface area contributed by atoms with Crippen molar-refractivity contribution in [2.45, 2.75) is 33.6 Å². The molecule has 140 valence electrons. The number of hydrogen-bond acceptors (Lipinski definition) is 4. The second kappa shape index (κ2) is 11.3. The molecule has 1 fully saturated rings. The van der Waals surface area contributed by atoms with Gasteiger partial charge in [-0.3, -0.25) is 9.79 Å². The molecule has 24 heavy (non-hydrogen) atoms. The number of carbonyl (C=O) groups excluding carboxylic acids is 1. The molecule has 7 nitrogen and oxygen atoms in total. The van der Waals surface area contributed by atoms with Gasteiger partial charge in [0.1, 0.15) is 0 Å². The highest BCUT2D eigenvalue weighted by atomic mass is 16.5. The van der Waals surface area contributed by atoms with Gasteiger partial charge in [0.25, 0.3) is 0 Å². The van der Waals surface area contributed by atoms with Crippen LogP contribution < -0.4 is 16.0 Å². The van der Waals surface area contributed by atoms with Crippen LogP contribution in [0.15, 0.2) is 4.99 Å². The van der Waals surface area contributed by atoms with Crippen molar-refractivity contribution in [3.05, 3.63) is 0 Å². The zero-order valence-corrected chi connectivity index (χ0v) is 15.6. The highest BCUT2D eigenvalue weighted by Crippen LogP contribution is 2.13. The first kappa shape index (κ1) is 20.7. The van der Waals surface area contributed by atoms with Gasteiger partial charge in [-0.15, -0.1) is 0 Å². The van der Waals surface area contributed by atoms with Crippen LogP contribution >= 0.6 is 0 Å². The first-order valence-electron chi connectivity index (χ1n) is 8.88. The molecule has 1 aliphatic rings. The van der Waals surface area contributed by atoms with Crippen LogP contribution in [0.25, 0.3) is 0 Å². The van der Waals surface area contributed by atoms with Crippen LogP contribution in [0.4, 0.5) is 0 Å². The first-order chi connectivity index (χ1) is 11.5. The molecule has 0 aliphatic carbocycles. The minimum Gasteiger partial charge on any atom is -0.381 e. The predicted molar refractivity (Wildman–Crippen MR) is 96.2 cm³/mol. The molecule has 0 aromatic rings. The van der Waals surface area contributed by atoms with Crippen molar-refractivity contribution in [1.29, 1.82) is 0 Å². The molecular weight excluding hydrogens is 308 g/mol. The number of rotatable bonds is 10. The molecule has 1 amide bonds. The molecule has 0 radical (unpaired) electrons. The molecule has 1 saturated heterocycles. The van der Waals surface area contributed by atoms with Crippen LogP contribution in [0.3, 0.4) is 0 Å². The van der Waals surface area contributed by atoms with E-state index in [1.54, 1.807) is 7.05 Å². The summed E-state index contributed by atoms with van der Waals surface area (Å²) < 4.78 is 11.0. The minimum atomic E-state index is -0.486. The van der Waals surface area contributed by atoms with Gasteiger partial charge in [-0.1, -0.05) is 0 Å². The monoisotopic (exact) mass is 342 g/mol. The Labute approximate surface area is 146 Å². The molecule has 1 rings (SSSR count). The summed E-state index contributed by atoms with van der Waals surface area (Å²) in [5.74, 6) is 1.30. The summed E-state index contributed by atoms with van der Waals surface area (Å²) >= 11 is 0. The number of nitrogens with zero attached hydrogens (tertiary/aromatic N) is 1. The first-order valence-corrected chi connectivity index (χ1v) is 8.88. The average Bonchev–Trinajstić information content (AvgIpc) is 3.07. The summed E-state index contributed by atoms with van der Waals surface area (Å²) in [6.07, 6.45) is 2.02. The number of guanidine groups is 1. The van der Waals surface area contributed by atoms with E-state index >= 15 is 0 Å². The summed E-state index contributed by atoms with van der Waals surface area (Å²) in [6, 6.07) is 0. The highest BCUT2D eigenvalue weighted by Gasteiger charge is 2.27.